The zero-order valence-corrected chi connectivity index (χ0v) is 9.82. The number of thioether (sulfide) groups is 1. The summed E-state index contributed by atoms with van der Waals surface area (Å²) in [6, 6.07) is 6.05. The maximum Gasteiger partial charge on any atom is 0.135 e. The van der Waals surface area contributed by atoms with Crippen molar-refractivity contribution in [3.8, 4) is 11.3 Å². The molecule has 0 bridgehead atoms. The molecule has 2 aromatic rings. The van der Waals surface area contributed by atoms with Gasteiger partial charge < -0.3 is 4.42 Å². The van der Waals surface area contributed by atoms with E-state index in [-0.39, 0.29) is 0 Å². The van der Waals surface area contributed by atoms with Crippen molar-refractivity contribution in [2.75, 3.05) is 0 Å². The number of furan rings is 1. The number of hydrogen-bond donors (Lipinski definition) is 0. The van der Waals surface area contributed by atoms with E-state index in [9.17, 15) is 0 Å². The van der Waals surface area contributed by atoms with Crippen molar-refractivity contribution in [2.45, 2.75) is 23.3 Å². The lowest BCUT2D eigenvalue weighted by Gasteiger charge is -2.03. The van der Waals surface area contributed by atoms with Gasteiger partial charge in [-0.15, -0.1) is 23.1 Å². The molecule has 0 radical (unpaired) electrons. The van der Waals surface area contributed by atoms with Gasteiger partial charge in [0.05, 0.1) is 10.5 Å². The molecule has 0 spiro atoms. The third-order valence-corrected chi connectivity index (χ3v) is 3.95. The van der Waals surface area contributed by atoms with Crippen molar-refractivity contribution in [2.24, 2.45) is 0 Å². The minimum atomic E-state index is 0.613. The molecule has 3 heteroatoms. The largest absolute Gasteiger partial charge is 0.464 e. The van der Waals surface area contributed by atoms with Gasteiger partial charge in [0.1, 0.15) is 5.76 Å². The van der Waals surface area contributed by atoms with Crippen molar-refractivity contribution < 1.29 is 4.42 Å². The molecule has 1 nitrogen and oxygen atoms in total. The number of rotatable bonds is 3. The molecule has 0 amide bonds. The van der Waals surface area contributed by atoms with Crippen molar-refractivity contribution in [1.82, 2.24) is 0 Å². The minimum Gasteiger partial charge on any atom is -0.464 e. The highest BCUT2D eigenvalue weighted by atomic mass is 32.2. The summed E-state index contributed by atoms with van der Waals surface area (Å²) in [5, 5.41) is 2.73. The van der Waals surface area contributed by atoms with Crippen LogP contribution >= 0.6 is 23.1 Å². The van der Waals surface area contributed by atoms with Gasteiger partial charge in [-0.05, 0) is 23.6 Å². The van der Waals surface area contributed by atoms with Crippen LogP contribution in [-0.2, 0) is 0 Å². The maximum atomic E-state index is 5.39. The second kappa shape index (κ2) is 4.24. The Bertz CT molecular complexity index is 387. The fourth-order valence-electron chi connectivity index (χ4n) is 1.22. The predicted octanol–water partition coefficient (Wildman–Crippen LogP) is 4.51. The first-order valence-corrected chi connectivity index (χ1v) is 6.31. The molecule has 2 heterocycles. The van der Waals surface area contributed by atoms with Crippen LogP contribution in [-0.4, -0.2) is 5.25 Å². The summed E-state index contributed by atoms with van der Waals surface area (Å²) in [5.41, 5.74) is 1.22. The van der Waals surface area contributed by atoms with Crippen LogP contribution in [0.5, 0.6) is 0 Å². The quantitative estimate of drug-likeness (QED) is 0.712. The SMILES string of the molecule is CC(C)Sc1sccc1-c1ccco1. The van der Waals surface area contributed by atoms with Crippen LogP contribution in [0.4, 0.5) is 0 Å². The molecule has 14 heavy (non-hydrogen) atoms. The monoisotopic (exact) mass is 224 g/mol. The summed E-state index contributed by atoms with van der Waals surface area (Å²) in [6.45, 7) is 4.41. The highest BCUT2D eigenvalue weighted by Crippen LogP contribution is 2.38. The van der Waals surface area contributed by atoms with Crippen LogP contribution in [0.2, 0.25) is 0 Å². The fourth-order valence-corrected chi connectivity index (χ4v) is 3.53. The zero-order valence-electron chi connectivity index (χ0n) is 8.19. The third-order valence-electron chi connectivity index (χ3n) is 1.76. The third kappa shape index (κ3) is 2.04. The van der Waals surface area contributed by atoms with E-state index in [1.165, 1.54) is 9.77 Å². The summed E-state index contributed by atoms with van der Waals surface area (Å²) < 4.78 is 6.74. The first-order chi connectivity index (χ1) is 6.77. The average molecular weight is 224 g/mol. The van der Waals surface area contributed by atoms with E-state index in [2.05, 4.69) is 25.3 Å². The molecular weight excluding hydrogens is 212 g/mol. The van der Waals surface area contributed by atoms with Crippen LogP contribution in [0.25, 0.3) is 11.3 Å². The first kappa shape index (κ1) is 9.87. The van der Waals surface area contributed by atoms with E-state index in [0.29, 0.717) is 5.25 Å². The predicted molar refractivity (Wildman–Crippen MR) is 63.0 cm³/mol. The molecule has 0 N–H and O–H groups in total. The molecule has 0 aliphatic carbocycles. The summed E-state index contributed by atoms with van der Waals surface area (Å²) in [4.78, 5) is 0. The van der Waals surface area contributed by atoms with Gasteiger partial charge in [0, 0.05) is 10.8 Å². The van der Waals surface area contributed by atoms with E-state index in [1.54, 1.807) is 17.6 Å². The Kier molecular flexibility index (Phi) is 2.99. The second-order valence-electron chi connectivity index (χ2n) is 3.27. The average Bonchev–Trinajstić information content (AvgIpc) is 2.70. The van der Waals surface area contributed by atoms with Gasteiger partial charge in [-0.1, -0.05) is 13.8 Å². The molecule has 0 aromatic carbocycles. The van der Waals surface area contributed by atoms with Gasteiger partial charge in [0.25, 0.3) is 0 Å². The van der Waals surface area contributed by atoms with Crippen LogP contribution < -0.4 is 0 Å². The zero-order chi connectivity index (χ0) is 9.97. The molecule has 2 aromatic heterocycles. The molecule has 0 unspecified atom stereocenters. The lowest BCUT2D eigenvalue weighted by Crippen LogP contribution is -1.84. The van der Waals surface area contributed by atoms with Crippen molar-refractivity contribution >= 4 is 23.1 Å². The summed E-state index contributed by atoms with van der Waals surface area (Å²) in [5.74, 6) is 0.967. The maximum absolute atomic E-state index is 5.39. The lowest BCUT2D eigenvalue weighted by atomic mass is 10.3. The van der Waals surface area contributed by atoms with E-state index in [1.807, 2.05) is 23.9 Å². The van der Waals surface area contributed by atoms with Crippen molar-refractivity contribution in [1.29, 1.82) is 0 Å². The molecular formula is C11H12OS2. The Morgan fingerprint density at radius 3 is 2.86 bits per heavy atom. The molecule has 2 rings (SSSR count). The summed E-state index contributed by atoms with van der Waals surface area (Å²) in [7, 11) is 0. The van der Waals surface area contributed by atoms with Gasteiger partial charge in [0.2, 0.25) is 0 Å². The van der Waals surface area contributed by atoms with E-state index in [4.69, 9.17) is 4.42 Å². The van der Waals surface area contributed by atoms with Gasteiger partial charge in [0.15, 0.2) is 0 Å². The molecule has 0 aliphatic rings. The van der Waals surface area contributed by atoms with Gasteiger partial charge in [-0.25, -0.2) is 0 Å². The minimum absolute atomic E-state index is 0.613. The van der Waals surface area contributed by atoms with Crippen LogP contribution in [0.3, 0.4) is 0 Å². The number of thiophene rings is 1. The van der Waals surface area contributed by atoms with Crippen LogP contribution in [0, 0.1) is 0 Å². The Balaban J connectivity index is 2.30. The summed E-state index contributed by atoms with van der Waals surface area (Å²) >= 11 is 3.67. The number of hydrogen-bond acceptors (Lipinski definition) is 3. The second-order valence-corrected chi connectivity index (χ2v) is 6.03. The van der Waals surface area contributed by atoms with E-state index in [0.717, 1.165) is 5.76 Å². The molecule has 0 saturated carbocycles. The van der Waals surface area contributed by atoms with Gasteiger partial charge >= 0.3 is 0 Å². The Labute approximate surface area is 92.1 Å². The van der Waals surface area contributed by atoms with E-state index >= 15 is 0 Å². The molecule has 0 aliphatic heterocycles. The van der Waals surface area contributed by atoms with Crippen LogP contribution in [0.1, 0.15) is 13.8 Å². The lowest BCUT2D eigenvalue weighted by molar-refractivity contribution is 0.581. The standard InChI is InChI=1S/C11H12OS2/c1-8(2)14-11-9(5-7-13-11)10-4-3-6-12-10/h3-8H,1-2H3. The Morgan fingerprint density at radius 2 is 2.21 bits per heavy atom. The Morgan fingerprint density at radius 1 is 1.36 bits per heavy atom. The van der Waals surface area contributed by atoms with E-state index < -0.39 is 0 Å². The smallest absolute Gasteiger partial charge is 0.135 e. The fraction of sp³-hybridized carbons (Fsp3) is 0.273. The van der Waals surface area contributed by atoms with Crippen molar-refractivity contribution in [3.63, 3.8) is 0 Å². The molecule has 74 valence electrons. The van der Waals surface area contributed by atoms with Crippen molar-refractivity contribution in [3.05, 3.63) is 29.8 Å². The molecule has 0 saturated heterocycles. The molecule has 0 fully saturated rings. The Hall–Kier alpha value is -0.670. The first-order valence-electron chi connectivity index (χ1n) is 4.55. The topological polar surface area (TPSA) is 13.1 Å². The molecule has 0 atom stereocenters. The van der Waals surface area contributed by atoms with Gasteiger partial charge in [-0.2, -0.15) is 0 Å². The highest BCUT2D eigenvalue weighted by Gasteiger charge is 2.10. The normalized spacial score (nSPS) is 11.1. The summed E-state index contributed by atoms with van der Waals surface area (Å²) in [6.07, 6.45) is 1.72. The highest BCUT2D eigenvalue weighted by molar-refractivity contribution is 8.01. The van der Waals surface area contributed by atoms with Gasteiger partial charge in [-0.3, -0.25) is 0 Å². The van der Waals surface area contributed by atoms with Crippen LogP contribution in [0.15, 0.2) is 38.5 Å².